The molecule has 0 bridgehead atoms. The third kappa shape index (κ3) is 5.82. The molecule has 0 heterocycles. The van der Waals surface area contributed by atoms with E-state index in [9.17, 15) is 31.2 Å². The van der Waals surface area contributed by atoms with Crippen LogP contribution in [0.1, 0.15) is 17.3 Å². The molecule has 0 aliphatic rings. The molecule has 0 saturated heterocycles. The van der Waals surface area contributed by atoms with E-state index < -0.39 is 35.3 Å². The Bertz CT molecular complexity index is 652. The van der Waals surface area contributed by atoms with Crippen LogP contribution in [0, 0.1) is 0 Å². The number of carbonyl (C=O) groups excluding carboxylic acids is 2. The molecule has 1 amide bonds. The van der Waals surface area contributed by atoms with Crippen LogP contribution in [0.25, 0.3) is 0 Å². The number of alkyl halides is 3. The van der Waals surface area contributed by atoms with Crippen molar-refractivity contribution in [3.63, 3.8) is 0 Å². The van der Waals surface area contributed by atoms with Crippen molar-refractivity contribution in [3.8, 4) is 0 Å². The molecule has 0 radical (unpaired) electrons. The molecule has 10 heteroatoms. The van der Waals surface area contributed by atoms with Crippen LogP contribution in [-0.4, -0.2) is 39.5 Å². The Balaban J connectivity index is 2.67. The van der Waals surface area contributed by atoms with Crippen LogP contribution in [0.2, 0.25) is 0 Å². The number of rotatable bonds is 6. The summed E-state index contributed by atoms with van der Waals surface area (Å²) in [6, 6.07) is 4.70. The number of ketones is 1. The number of hydrogen-bond donors (Lipinski definition) is 1. The lowest BCUT2D eigenvalue weighted by atomic mass is 10.2. The Hall–Kier alpha value is -1.94. The molecule has 1 rings (SSSR count). The van der Waals surface area contributed by atoms with Crippen LogP contribution in [0.15, 0.2) is 29.2 Å². The van der Waals surface area contributed by atoms with Crippen molar-refractivity contribution in [2.75, 3.05) is 13.2 Å². The average molecular weight is 339 g/mol. The van der Waals surface area contributed by atoms with Crippen molar-refractivity contribution in [2.24, 2.45) is 0 Å². The van der Waals surface area contributed by atoms with E-state index in [1.54, 1.807) is 4.72 Å². The summed E-state index contributed by atoms with van der Waals surface area (Å²) in [6.45, 7) is -1.42. The smallest absolute Gasteiger partial charge is 0.362 e. The van der Waals surface area contributed by atoms with Gasteiger partial charge in [-0.2, -0.15) is 13.2 Å². The van der Waals surface area contributed by atoms with Gasteiger partial charge < -0.3 is 4.74 Å². The molecule has 1 N–H and O–H groups in total. The van der Waals surface area contributed by atoms with Gasteiger partial charge in [0.1, 0.15) is 13.2 Å². The second-order valence-corrected chi connectivity index (χ2v) is 5.90. The van der Waals surface area contributed by atoms with E-state index in [-0.39, 0.29) is 16.2 Å². The summed E-state index contributed by atoms with van der Waals surface area (Å²) in [6.07, 6.45) is -4.61. The van der Waals surface area contributed by atoms with E-state index in [1.807, 2.05) is 0 Å². The van der Waals surface area contributed by atoms with E-state index in [2.05, 4.69) is 4.74 Å². The molecular weight excluding hydrogens is 327 g/mol. The third-order valence-electron chi connectivity index (χ3n) is 2.32. The number of Topliss-reactive ketones (excluding diaryl/α,β-unsaturated/α-hetero) is 1. The van der Waals surface area contributed by atoms with E-state index >= 15 is 0 Å². The minimum Gasteiger partial charge on any atom is -0.362 e. The van der Waals surface area contributed by atoms with Crippen LogP contribution >= 0.6 is 0 Å². The van der Waals surface area contributed by atoms with Gasteiger partial charge in [-0.15, -0.1) is 0 Å². The monoisotopic (exact) mass is 339 g/mol. The van der Waals surface area contributed by atoms with Crippen molar-refractivity contribution < 1.29 is 35.9 Å². The van der Waals surface area contributed by atoms with Gasteiger partial charge in [0.2, 0.25) is 0 Å². The Labute approximate surface area is 124 Å². The minimum atomic E-state index is -4.61. The van der Waals surface area contributed by atoms with Crippen LogP contribution in [-0.2, 0) is 19.6 Å². The second kappa shape index (κ2) is 6.88. The maximum Gasteiger partial charge on any atom is 0.411 e. The van der Waals surface area contributed by atoms with Gasteiger partial charge in [0, 0.05) is 5.56 Å². The van der Waals surface area contributed by atoms with E-state index in [0.29, 0.717) is 0 Å². The SMILES string of the molecule is CC(=O)c1ccc(S(=O)(=O)NC(=O)COCC(F)(F)F)cc1. The quantitative estimate of drug-likeness (QED) is 0.789. The second-order valence-electron chi connectivity index (χ2n) is 4.22. The lowest BCUT2D eigenvalue weighted by Crippen LogP contribution is -2.34. The van der Waals surface area contributed by atoms with Gasteiger partial charge in [0.15, 0.2) is 5.78 Å². The van der Waals surface area contributed by atoms with Gasteiger partial charge >= 0.3 is 6.18 Å². The van der Waals surface area contributed by atoms with Crippen molar-refractivity contribution in [2.45, 2.75) is 18.0 Å². The van der Waals surface area contributed by atoms with Gasteiger partial charge in [0.25, 0.3) is 15.9 Å². The fourth-order valence-corrected chi connectivity index (χ4v) is 2.34. The zero-order valence-electron chi connectivity index (χ0n) is 11.3. The van der Waals surface area contributed by atoms with Crippen LogP contribution < -0.4 is 4.72 Å². The van der Waals surface area contributed by atoms with Gasteiger partial charge in [-0.05, 0) is 19.1 Å². The fourth-order valence-electron chi connectivity index (χ4n) is 1.37. The van der Waals surface area contributed by atoms with Crippen LogP contribution in [0.5, 0.6) is 0 Å². The first-order valence-corrected chi connectivity index (χ1v) is 7.31. The van der Waals surface area contributed by atoms with E-state index in [4.69, 9.17) is 0 Å². The Morgan fingerprint density at radius 3 is 2.18 bits per heavy atom. The Morgan fingerprint density at radius 2 is 1.73 bits per heavy atom. The zero-order chi connectivity index (χ0) is 17.0. The van der Waals surface area contributed by atoms with Crippen molar-refractivity contribution >= 4 is 21.7 Å². The third-order valence-corrected chi connectivity index (χ3v) is 3.71. The molecule has 0 aromatic heterocycles. The predicted octanol–water partition coefficient (Wildman–Crippen LogP) is 1.27. The number of halogens is 3. The average Bonchev–Trinajstić information content (AvgIpc) is 2.36. The van der Waals surface area contributed by atoms with Crippen LogP contribution in [0.3, 0.4) is 0 Å². The first kappa shape index (κ1) is 18.1. The summed E-state index contributed by atoms with van der Waals surface area (Å²) in [7, 11) is -4.24. The molecule has 1 aromatic carbocycles. The summed E-state index contributed by atoms with van der Waals surface area (Å²) in [5, 5.41) is 0. The summed E-state index contributed by atoms with van der Waals surface area (Å²) in [5.41, 5.74) is 0.277. The number of hydrogen-bond acceptors (Lipinski definition) is 5. The zero-order valence-corrected chi connectivity index (χ0v) is 12.1. The topological polar surface area (TPSA) is 89.5 Å². The van der Waals surface area contributed by atoms with Crippen molar-refractivity contribution in [1.82, 2.24) is 4.72 Å². The van der Waals surface area contributed by atoms with Gasteiger partial charge in [-0.3, -0.25) is 9.59 Å². The maximum absolute atomic E-state index is 11.8. The summed E-state index contributed by atoms with van der Waals surface area (Å²) < 4.78 is 64.6. The standard InChI is InChI=1S/C12H12F3NO5S/c1-8(17)9-2-4-10(5-3-9)22(19,20)16-11(18)6-21-7-12(13,14)15/h2-5H,6-7H2,1H3,(H,16,18). The largest absolute Gasteiger partial charge is 0.411 e. The van der Waals surface area contributed by atoms with Crippen LogP contribution in [0.4, 0.5) is 13.2 Å². The summed E-state index contributed by atoms with van der Waals surface area (Å²) >= 11 is 0. The first-order chi connectivity index (χ1) is 10.0. The Morgan fingerprint density at radius 1 is 1.18 bits per heavy atom. The summed E-state index contributed by atoms with van der Waals surface area (Å²) in [4.78, 5) is 22.0. The molecule has 0 aliphatic carbocycles. The van der Waals surface area contributed by atoms with Gasteiger partial charge in [-0.25, -0.2) is 13.1 Å². The summed E-state index contributed by atoms with van der Waals surface area (Å²) in [5.74, 6) is -1.51. The molecule has 22 heavy (non-hydrogen) atoms. The highest BCUT2D eigenvalue weighted by atomic mass is 32.2. The van der Waals surface area contributed by atoms with Crippen molar-refractivity contribution in [1.29, 1.82) is 0 Å². The number of nitrogens with one attached hydrogen (secondary N) is 1. The number of benzene rings is 1. The number of sulfonamides is 1. The van der Waals surface area contributed by atoms with Crippen molar-refractivity contribution in [3.05, 3.63) is 29.8 Å². The maximum atomic E-state index is 11.8. The van der Waals surface area contributed by atoms with Gasteiger partial charge in [-0.1, -0.05) is 12.1 Å². The first-order valence-electron chi connectivity index (χ1n) is 5.82. The minimum absolute atomic E-state index is 0.270. The van der Waals surface area contributed by atoms with E-state index in [1.165, 1.54) is 19.1 Å². The number of ether oxygens (including phenoxy) is 1. The molecular formula is C12H12F3NO5S. The molecule has 0 aliphatic heterocycles. The van der Waals surface area contributed by atoms with Gasteiger partial charge in [0.05, 0.1) is 4.90 Å². The number of carbonyl (C=O) groups is 2. The van der Waals surface area contributed by atoms with E-state index in [0.717, 1.165) is 12.1 Å². The molecule has 6 nitrogen and oxygen atoms in total. The fraction of sp³-hybridized carbons (Fsp3) is 0.333. The Kier molecular flexibility index (Phi) is 5.66. The molecule has 0 atom stereocenters. The molecule has 0 fully saturated rings. The lowest BCUT2D eigenvalue weighted by Gasteiger charge is -2.09. The highest BCUT2D eigenvalue weighted by Crippen LogP contribution is 2.14. The lowest BCUT2D eigenvalue weighted by molar-refractivity contribution is -0.175. The molecule has 1 aromatic rings. The molecule has 0 unspecified atom stereocenters. The molecule has 122 valence electrons. The highest BCUT2D eigenvalue weighted by molar-refractivity contribution is 7.90. The molecule has 0 saturated carbocycles. The normalized spacial score (nSPS) is 12.0. The number of amides is 1. The predicted molar refractivity (Wildman–Crippen MR) is 68.6 cm³/mol. The molecule has 0 spiro atoms. The highest BCUT2D eigenvalue weighted by Gasteiger charge is 2.28.